The molecule has 0 atom stereocenters. The molecule has 0 aliphatic carbocycles. The second kappa shape index (κ2) is 5.03. The number of fused-ring (bicyclic) bond motifs is 3. The third kappa shape index (κ3) is 1.99. The summed E-state index contributed by atoms with van der Waals surface area (Å²) in [5.41, 5.74) is 0. The van der Waals surface area contributed by atoms with Gasteiger partial charge in [0.05, 0.1) is 0 Å². The Morgan fingerprint density at radius 2 is 1.50 bits per heavy atom. The quantitative estimate of drug-likeness (QED) is 0.438. The van der Waals surface area contributed by atoms with Crippen molar-refractivity contribution >= 4 is 33.3 Å². The number of hydrogen-bond donors (Lipinski definition) is 0. The topological polar surface area (TPSA) is 0 Å². The number of benzene rings is 3. The van der Waals surface area contributed by atoms with E-state index in [4.69, 9.17) is 0 Å². The van der Waals surface area contributed by atoms with Crippen molar-refractivity contribution < 1.29 is 0 Å². The second-order valence-electron chi connectivity index (χ2n) is 4.49. The van der Waals surface area contributed by atoms with Gasteiger partial charge < -0.3 is 0 Å². The maximum absolute atomic E-state index is 2.33. The molecule has 3 rings (SSSR count). The molecule has 0 unspecified atom stereocenters. The van der Waals surface area contributed by atoms with Gasteiger partial charge in [0.1, 0.15) is 0 Å². The van der Waals surface area contributed by atoms with Crippen LogP contribution in [0.1, 0.15) is 13.3 Å². The summed E-state index contributed by atoms with van der Waals surface area (Å²) in [6.45, 7) is 2.23. The first-order valence-corrected chi connectivity index (χ1v) is 7.42. The highest BCUT2D eigenvalue weighted by molar-refractivity contribution is 7.99. The zero-order valence-corrected chi connectivity index (χ0v) is 11.3. The minimum Gasteiger partial charge on any atom is -0.126 e. The largest absolute Gasteiger partial charge is 0.126 e. The first kappa shape index (κ1) is 11.6. The van der Waals surface area contributed by atoms with E-state index in [1.54, 1.807) is 0 Å². The maximum Gasteiger partial charge on any atom is 0.0157 e. The zero-order chi connectivity index (χ0) is 12.4. The van der Waals surface area contributed by atoms with Gasteiger partial charge in [0.15, 0.2) is 0 Å². The average Bonchev–Trinajstić information content (AvgIpc) is 2.45. The summed E-state index contributed by atoms with van der Waals surface area (Å²) in [7, 11) is 0. The number of hydrogen-bond acceptors (Lipinski definition) is 1. The minimum absolute atomic E-state index is 1.18. The van der Waals surface area contributed by atoms with E-state index in [0.29, 0.717) is 0 Å². The van der Waals surface area contributed by atoms with E-state index in [0.717, 1.165) is 0 Å². The molecule has 90 valence electrons. The lowest BCUT2D eigenvalue weighted by atomic mass is 10.0. The molecule has 0 spiro atoms. The Morgan fingerprint density at radius 1 is 0.833 bits per heavy atom. The molecule has 0 amide bonds. The first-order chi connectivity index (χ1) is 8.90. The monoisotopic (exact) mass is 252 g/mol. The standard InChI is InChI=1S/C17H16S/c1-2-11-18-17-12-13-7-3-4-8-14(13)15-9-5-6-10-16(15)17/h3-10,12H,2,11H2,1H3. The lowest BCUT2D eigenvalue weighted by molar-refractivity contribution is 1.11. The van der Waals surface area contributed by atoms with Gasteiger partial charge in [-0.2, -0.15) is 0 Å². The molecule has 3 aromatic rings. The summed E-state index contributed by atoms with van der Waals surface area (Å²) < 4.78 is 0. The van der Waals surface area contributed by atoms with E-state index >= 15 is 0 Å². The molecule has 0 heterocycles. The van der Waals surface area contributed by atoms with Gasteiger partial charge in [0.25, 0.3) is 0 Å². The molecule has 0 nitrogen and oxygen atoms in total. The van der Waals surface area contributed by atoms with Crippen molar-refractivity contribution in [2.75, 3.05) is 5.75 Å². The highest BCUT2D eigenvalue weighted by Gasteiger charge is 2.05. The van der Waals surface area contributed by atoms with Crippen LogP contribution in [0.4, 0.5) is 0 Å². The van der Waals surface area contributed by atoms with Gasteiger partial charge in [-0.15, -0.1) is 11.8 Å². The van der Waals surface area contributed by atoms with Crippen LogP contribution in [-0.2, 0) is 0 Å². The molecule has 0 aromatic heterocycles. The zero-order valence-electron chi connectivity index (χ0n) is 10.5. The highest BCUT2D eigenvalue weighted by atomic mass is 32.2. The third-order valence-electron chi connectivity index (χ3n) is 3.19. The van der Waals surface area contributed by atoms with Crippen LogP contribution in [0.2, 0.25) is 0 Å². The van der Waals surface area contributed by atoms with Crippen LogP contribution in [-0.4, -0.2) is 5.75 Å². The summed E-state index contributed by atoms with van der Waals surface area (Å²) in [5.74, 6) is 1.18. The molecule has 0 radical (unpaired) electrons. The van der Waals surface area contributed by atoms with E-state index in [9.17, 15) is 0 Å². The molecule has 0 saturated heterocycles. The second-order valence-corrected chi connectivity index (χ2v) is 5.63. The smallest absolute Gasteiger partial charge is 0.0157 e. The van der Waals surface area contributed by atoms with Crippen LogP contribution in [0.3, 0.4) is 0 Å². The number of thioether (sulfide) groups is 1. The first-order valence-electron chi connectivity index (χ1n) is 6.43. The normalized spacial score (nSPS) is 11.2. The molecule has 3 aromatic carbocycles. The van der Waals surface area contributed by atoms with Gasteiger partial charge in [0, 0.05) is 4.90 Å². The molecule has 0 bridgehead atoms. The van der Waals surface area contributed by atoms with Gasteiger partial charge >= 0.3 is 0 Å². The molecule has 0 aliphatic heterocycles. The van der Waals surface area contributed by atoms with Crippen molar-refractivity contribution in [3.05, 3.63) is 54.6 Å². The molecule has 0 N–H and O–H groups in total. The predicted molar refractivity (Wildman–Crippen MR) is 82.5 cm³/mol. The van der Waals surface area contributed by atoms with E-state index in [1.807, 2.05) is 11.8 Å². The Kier molecular flexibility index (Phi) is 3.24. The van der Waals surface area contributed by atoms with Crippen molar-refractivity contribution in [2.24, 2.45) is 0 Å². The van der Waals surface area contributed by atoms with Gasteiger partial charge in [-0.05, 0) is 39.8 Å². The lowest BCUT2D eigenvalue weighted by Gasteiger charge is -2.09. The van der Waals surface area contributed by atoms with Crippen LogP contribution < -0.4 is 0 Å². The Balaban J connectivity index is 2.32. The van der Waals surface area contributed by atoms with Crippen LogP contribution in [0.15, 0.2) is 59.5 Å². The van der Waals surface area contributed by atoms with E-state index in [1.165, 1.54) is 38.6 Å². The Hall–Kier alpha value is -1.47. The SMILES string of the molecule is CCCSc1cc2ccccc2c2ccccc12. The molecular formula is C17H16S. The van der Waals surface area contributed by atoms with Gasteiger partial charge in [-0.3, -0.25) is 0 Å². The predicted octanol–water partition coefficient (Wildman–Crippen LogP) is 5.50. The van der Waals surface area contributed by atoms with Crippen LogP contribution >= 0.6 is 11.8 Å². The third-order valence-corrected chi connectivity index (χ3v) is 4.45. The summed E-state index contributed by atoms with van der Waals surface area (Å²) in [6.07, 6.45) is 1.21. The highest BCUT2D eigenvalue weighted by Crippen LogP contribution is 2.34. The fourth-order valence-corrected chi connectivity index (χ4v) is 3.32. The minimum atomic E-state index is 1.18. The van der Waals surface area contributed by atoms with Crippen LogP contribution in [0.5, 0.6) is 0 Å². The van der Waals surface area contributed by atoms with E-state index < -0.39 is 0 Å². The number of rotatable bonds is 3. The Morgan fingerprint density at radius 3 is 2.28 bits per heavy atom. The Bertz CT molecular complexity index is 685. The maximum atomic E-state index is 2.33. The summed E-state index contributed by atoms with van der Waals surface area (Å²) in [5, 5.41) is 5.45. The lowest BCUT2D eigenvalue weighted by Crippen LogP contribution is -1.83. The van der Waals surface area contributed by atoms with E-state index in [-0.39, 0.29) is 0 Å². The van der Waals surface area contributed by atoms with Crippen LogP contribution in [0, 0.1) is 0 Å². The van der Waals surface area contributed by atoms with Crippen molar-refractivity contribution in [1.29, 1.82) is 0 Å². The van der Waals surface area contributed by atoms with Gasteiger partial charge in [-0.1, -0.05) is 55.5 Å². The average molecular weight is 252 g/mol. The van der Waals surface area contributed by atoms with Crippen molar-refractivity contribution in [2.45, 2.75) is 18.2 Å². The molecule has 0 saturated carbocycles. The summed E-state index contributed by atoms with van der Waals surface area (Å²) >= 11 is 1.96. The van der Waals surface area contributed by atoms with Gasteiger partial charge in [0.2, 0.25) is 0 Å². The Labute approximate surface area is 112 Å². The molecule has 1 heteroatoms. The molecule has 18 heavy (non-hydrogen) atoms. The summed E-state index contributed by atoms with van der Waals surface area (Å²) in [6, 6.07) is 19.7. The fourth-order valence-electron chi connectivity index (χ4n) is 2.35. The van der Waals surface area contributed by atoms with Crippen molar-refractivity contribution in [3.8, 4) is 0 Å². The molecule has 0 aliphatic rings. The molecular weight excluding hydrogens is 236 g/mol. The van der Waals surface area contributed by atoms with Crippen molar-refractivity contribution in [1.82, 2.24) is 0 Å². The summed E-state index contributed by atoms with van der Waals surface area (Å²) in [4.78, 5) is 1.41. The van der Waals surface area contributed by atoms with Crippen LogP contribution in [0.25, 0.3) is 21.5 Å². The molecule has 0 fully saturated rings. The fraction of sp³-hybridized carbons (Fsp3) is 0.176. The van der Waals surface area contributed by atoms with Gasteiger partial charge in [-0.25, -0.2) is 0 Å². The van der Waals surface area contributed by atoms with Crippen molar-refractivity contribution in [3.63, 3.8) is 0 Å². The van der Waals surface area contributed by atoms with E-state index in [2.05, 4.69) is 61.5 Å².